The number of carbonyl (C=O) groups excluding carboxylic acids is 1. The van der Waals surface area contributed by atoms with E-state index < -0.39 is 0 Å². The second kappa shape index (κ2) is 5.33. The average molecular weight is 264 g/mol. The van der Waals surface area contributed by atoms with Crippen LogP contribution >= 0.6 is 0 Å². The van der Waals surface area contributed by atoms with E-state index in [9.17, 15) is 4.79 Å². The second-order valence-electron chi connectivity index (χ2n) is 6.53. The Morgan fingerprint density at radius 3 is 2.79 bits per heavy atom. The van der Waals surface area contributed by atoms with Crippen molar-refractivity contribution in [3.8, 4) is 0 Å². The maximum Gasteiger partial charge on any atom is 0.228 e. The highest BCUT2D eigenvalue weighted by molar-refractivity contribution is 5.91. The Kier molecular flexibility index (Phi) is 3.94. The summed E-state index contributed by atoms with van der Waals surface area (Å²) >= 11 is 0. The first-order valence-electron chi connectivity index (χ1n) is 6.98. The molecule has 1 saturated carbocycles. The Morgan fingerprint density at radius 1 is 1.47 bits per heavy atom. The molecule has 1 aliphatic carbocycles. The first kappa shape index (κ1) is 14.1. The number of amides is 1. The Morgan fingerprint density at radius 2 is 2.21 bits per heavy atom. The molecule has 4 N–H and O–H groups in total. The third-order valence-corrected chi connectivity index (χ3v) is 3.72. The molecule has 1 amide bonds. The number of H-pyrrole nitrogens is 1. The van der Waals surface area contributed by atoms with Gasteiger partial charge in [-0.05, 0) is 19.3 Å². The summed E-state index contributed by atoms with van der Waals surface area (Å²) in [5, 5.41) is 10.0. The number of anilines is 1. The molecule has 2 unspecified atom stereocenters. The number of hydrogen-bond donors (Lipinski definition) is 3. The molecule has 1 heterocycles. The fraction of sp³-hybridized carbons (Fsp3) is 0.714. The maximum absolute atomic E-state index is 12.2. The zero-order valence-corrected chi connectivity index (χ0v) is 12.0. The van der Waals surface area contributed by atoms with Crippen LogP contribution in [0.4, 0.5) is 5.82 Å². The van der Waals surface area contributed by atoms with E-state index >= 15 is 0 Å². The largest absolute Gasteiger partial charge is 0.328 e. The quantitative estimate of drug-likeness (QED) is 0.765. The van der Waals surface area contributed by atoms with Crippen LogP contribution in [0.5, 0.6) is 0 Å². The molecule has 1 aromatic rings. The lowest BCUT2D eigenvalue weighted by Crippen LogP contribution is -2.34. The van der Waals surface area contributed by atoms with Gasteiger partial charge in [0.25, 0.3) is 0 Å². The fourth-order valence-corrected chi connectivity index (χ4v) is 2.46. The van der Waals surface area contributed by atoms with Gasteiger partial charge in [-0.25, -0.2) is 0 Å². The summed E-state index contributed by atoms with van der Waals surface area (Å²) in [4.78, 5) is 12.2. The SMILES string of the molecule is CC(C)(C)c1cc(NC(=O)C2CCCC(N)C2)n[nH]1. The third-order valence-electron chi connectivity index (χ3n) is 3.72. The first-order valence-corrected chi connectivity index (χ1v) is 6.98. The average Bonchev–Trinajstić information content (AvgIpc) is 2.77. The lowest BCUT2D eigenvalue weighted by atomic mass is 9.85. The van der Waals surface area contributed by atoms with Crippen LogP contribution < -0.4 is 11.1 Å². The van der Waals surface area contributed by atoms with Crippen LogP contribution in [0.2, 0.25) is 0 Å². The summed E-state index contributed by atoms with van der Waals surface area (Å²) in [6.07, 6.45) is 3.77. The van der Waals surface area contributed by atoms with E-state index in [1.54, 1.807) is 0 Å². The minimum absolute atomic E-state index is 0.00315. The van der Waals surface area contributed by atoms with Crippen LogP contribution in [-0.4, -0.2) is 22.1 Å². The van der Waals surface area contributed by atoms with Gasteiger partial charge in [-0.2, -0.15) is 5.10 Å². The van der Waals surface area contributed by atoms with Gasteiger partial charge >= 0.3 is 0 Å². The first-order chi connectivity index (χ1) is 8.86. The van der Waals surface area contributed by atoms with Crippen molar-refractivity contribution < 1.29 is 4.79 Å². The summed E-state index contributed by atoms with van der Waals surface area (Å²) in [7, 11) is 0. The number of hydrogen-bond acceptors (Lipinski definition) is 3. The summed E-state index contributed by atoms with van der Waals surface area (Å²) in [5.41, 5.74) is 6.94. The Balaban J connectivity index is 1.97. The van der Waals surface area contributed by atoms with Crippen molar-refractivity contribution in [1.82, 2.24) is 10.2 Å². The van der Waals surface area contributed by atoms with Crippen molar-refractivity contribution >= 4 is 11.7 Å². The number of nitrogens with zero attached hydrogens (tertiary/aromatic N) is 1. The van der Waals surface area contributed by atoms with E-state index in [4.69, 9.17) is 5.73 Å². The standard InChI is InChI=1S/C14H24N4O/c1-14(2,3)11-8-12(18-17-11)16-13(19)9-5-4-6-10(15)7-9/h8-10H,4-7,15H2,1-3H3,(H2,16,17,18,19). The maximum atomic E-state index is 12.2. The molecule has 5 heteroatoms. The van der Waals surface area contributed by atoms with E-state index in [0.717, 1.165) is 31.4 Å². The Labute approximate surface area is 114 Å². The van der Waals surface area contributed by atoms with E-state index in [0.29, 0.717) is 5.82 Å². The monoisotopic (exact) mass is 264 g/mol. The molecule has 106 valence electrons. The predicted molar refractivity (Wildman–Crippen MR) is 75.9 cm³/mol. The molecule has 2 atom stereocenters. The summed E-state index contributed by atoms with van der Waals surface area (Å²) in [6.45, 7) is 6.31. The molecule has 1 aliphatic rings. The third kappa shape index (κ3) is 3.56. The van der Waals surface area contributed by atoms with Crippen molar-refractivity contribution in [1.29, 1.82) is 0 Å². The highest BCUT2D eigenvalue weighted by atomic mass is 16.1. The lowest BCUT2D eigenvalue weighted by molar-refractivity contribution is -0.120. The highest BCUT2D eigenvalue weighted by Gasteiger charge is 2.26. The van der Waals surface area contributed by atoms with Crippen molar-refractivity contribution in [3.05, 3.63) is 11.8 Å². The fourth-order valence-electron chi connectivity index (χ4n) is 2.46. The number of aromatic amines is 1. The topological polar surface area (TPSA) is 83.8 Å². The summed E-state index contributed by atoms with van der Waals surface area (Å²) in [5.74, 6) is 0.676. The Bertz CT molecular complexity index is 447. The molecule has 0 bridgehead atoms. The molecule has 1 aromatic heterocycles. The van der Waals surface area contributed by atoms with E-state index in [1.165, 1.54) is 0 Å². The minimum atomic E-state index is 0.00315. The van der Waals surface area contributed by atoms with Crippen LogP contribution in [0.25, 0.3) is 0 Å². The lowest BCUT2D eigenvalue weighted by Gasteiger charge is -2.25. The van der Waals surface area contributed by atoms with Gasteiger partial charge in [0.1, 0.15) is 0 Å². The van der Waals surface area contributed by atoms with Crippen molar-refractivity contribution in [2.45, 2.75) is 57.9 Å². The molecular formula is C14H24N4O. The Hall–Kier alpha value is -1.36. The van der Waals surface area contributed by atoms with Crippen molar-refractivity contribution in [2.24, 2.45) is 11.7 Å². The molecule has 19 heavy (non-hydrogen) atoms. The van der Waals surface area contributed by atoms with E-state index in [2.05, 4.69) is 36.3 Å². The van der Waals surface area contributed by atoms with Gasteiger partial charge in [0.05, 0.1) is 0 Å². The molecule has 0 aliphatic heterocycles. The van der Waals surface area contributed by atoms with Crippen LogP contribution in [0, 0.1) is 5.92 Å². The molecule has 1 fully saturated rings. The van der Waals surface area contributed by atoms with Gasteiger partial charge < -0.3 is 11.1 Å². The van der Waals surface area contributed by atoms with Gasteiger partial charge in [0.15, 0.2) is 5.82 Å². The molecule has 0 aromatic carbocycles. The number of aromatic nitrogens is 2. The van der Waals surface area contributed by atoms with E-state index in [1.807, 2.05) is 6.07 Å². The molecular weight excluding hydrogens is 240 g/mol. The number of nitrogens with two attached hydrogens (primary N) is 1. The van der Waals surface area contributed by atoms with Gasteiger partial charge in [0.2, 0.25) is 5.91 Å². The molecule has 2 rings (SSSR count). The molecule has 0 radical (unpaired) electrons. The number of carbonyl (C=O) groups is 1. The van der Waals surface area contributed by atoms with Crippen LogP contribution in [0.1, 0.15) is 52.1 Å². The molecule has 0 spiro atoms. The van der Waals surface area contributed by atoms with Crippen LogP contribution in [0.15, 0.2) is 6.07 Å². The van der Waals surface area contributed by atoms with Gasteiger partial charge in [0, 0.05) is 29.1 Å². The zero-order valence-electron chi connectivity index (χ0n) is 12.0. The van der Waals surface area contributed by atoms with Gasteiger partial charge in [-0.1, -0.05) is 27.2 Å². The van der Waals surface area contributed by atoms with Crippen LogP contribution in [-0.2, 0) is 10.2 Å². The summed E-state index contributed by atoms with van der Waals surface area (Å²) < 4.78 is 0. The molecule has 0 saturated heterocycles. The predicted octanol–water partition coefficient (Wildman–Crippen LogP) is 2.16. The second-order valence-corrected chi connectivity index (χ2v) is 6.53. The van der Waals surface area contributed by atoms with Gasteiger partial charge in [-0.15, -0.1) is 0 Å². The smallest absolute Gasteiger partial charge is 0.228 e. The van der Waals surface area contributed by atoms with E-state index in [-0.39, 0.29) is 23.3 Å². The zero-order chi connectivity index (χ0) is 14.0. The molecule has 5 nitrogen and oxygen atoms in total. The highest BCUT2D eigenvalue weighted by Crippen LogP contribution is 2.25. The van der Waals surface area contributed by atoms with Crippen molar-refractivity contribution in [3.63, 3.8) is 0 Å². The van der Waals surface area contributed by atoms with Crippen LogP contribution in [0.3, 0.4) is 0 Å². The number of rotatable bonds is 2. The summed E-state index contributed by atoms with van der Waals surface area (Å²) in [6, 6.07) is 2.06. The minimum Gasteiger partial charge on any atom is -0.328 e. The normalized spacial score (nSPS) is 24.2. The number of nitrogens with one attached hydrogen (secondary N) is 2. The van der Waals surface area contributed by atoms with Gasteiger partial charge in [-0.3, -0.25) is 9.89 Å². The van der Waals surface area contributed by atoms with Crippen molar-refractivity contribution in [2.75, 3.05) is 5.32 Å².